The van der Waals surface area contributed by atoms with Gasteiger partial charge in [-0.3, -0.25) is 9.69 Å². The van der Waals surface area contributed by atoms with Crippen molar-refractivity contribution in [2.75, 3.05) is 52.4 Å². The van der Waals surface area contributed by atoms with Crippen LogP contribution < -0.4 is 0 Å². The predicted octanol–water partition coefficient (Wildman–Crippen LogP) is 3.58. The highest BCUT2D eigenvalue weighted by Crippen LogP contribution is 2.27. The van der Waals surface area contributed by atoms with Crippen molar-refractivity contribution < 1.29 is 4.79 Å². The molecule has 31 heavy (non-hydrogen) atoms. The molecule has 1 aromatic heterocycles. The highest BCUT2D eigenvalue weighted by molar-refractivity contribution is 6.35. The van der Waals surface area contributed by atoms with Gasteiger partial charge in [-0.15, -0.1) is 0 Å². The first kappa shape index (κ1) is 22.6. The Morgan fingerprint density at radius 3 is 2.26 bits per heavy atom. The molecule has 2 aliphatic rings. The summed E-state index contributed by atoms with van der Waals surface area (Å²) in [6, 6.07) is 5.37. The summed E-state index contributed by atoms with van der Waals surface area (Å²) < 4.78 is 1.81. The van der Waals surface area contributed by atoms with Gasteiger partial charge in [0, 0.05) is 55.5 Å². The Hall–Kier alpha value is -1.60. The molecule has 2 saturated heterocycles. The third-order valence-corrected chi connectivity index (χ3v) is 7.10. The van der Waals surface area contributed by atoms with Gasteiger partial charge in [-0.05, 0) is 58.0 Å². The molecule has 168 valence electrons. The topological polar surface area (TPSA) is 44.6 Å². The predicted molar refractivity (Wildman–Crippen MR) is 125 cm³/mol. The Morgan fingerprint density at radius 1 is 0.968 bits per heavy atom. The van der Waals surface area contributed by atoms with Gasteiger partial charge in [0.1, 0.15) is 0 Å². The maximum absolute atomic E-state index is 13.0. The standard InChI is InChI=1S/C23H31Cl2N5O/c1-17-20(18(2)30(26-17)22-6-5-19(24)15-21(22)25)16-23(31)29-13-11-28(12-14-29)10-9-27-7-3-4-8-27/h5-6,15H,3-4,7-14,16H2,1-2H3. The fourth-order valence-electron chi connectivity index (χ4n) is 4.59. The average Bonchev–Trinajstić information content (AvgIpc) is 3.36. The Labute approximate surface area is 194 Å². The number of aromatic nitrogens is 2. The van der Waals surface area contributed by atoms with Crippen molar-refractivity contribution in [3.63, 3.8) is 0 Å². The number of hydrogen-bond acceptors (Lipinski definition) is 4. The molecule has 0 aliphatic carbocycles. The van der Waals surface area contributed by atoms with Crippen LogP contribution in [0.1, 0.15) is 29.8 Å². The third-order valence-electron chi connectivity index (χ3n) is 6.56. The second kappa shape index (κ2) is 9.90. The van der Waals surface area contributed by atoms with E-state index in [0.717, 1.165) is 61.9 Å². The first-order valence-corrected chi connectivity index (χ1v) is 11.9. The van der Waals surface area contributed by atoms with Gasteiger partial charge < -0.3 is 9.80 Å². The van der Waals surface area contributed by atoms with E-state index in [0.29, 0.717) is 16.5 Å². The first-order chi connectivity index (χ1) is 14.9. The summed E-state index contributed by atoms with van der Waals surface area (Å²) in [7, 11) is 0. The van der Waals surface area contributed by atoms with Crippen LogP contribution in [0.3, 0.4) is 0 Å². The number of rotatable bonds is 6. The summed E-state index contributed by atoms with van der Waals surface area (Å²) in [4.78, 5) is 20.1. The van der Waals surface area contributed by atoms with Crippen molar-refractivity contribution in [1.29, 1.82) is 0 Å². The first-order valence-electron chi connectivity index (χ1n) is 11.2. The minimum atomic E-state index is 0.173. The summed E-state index contributed by atoms with van der Waals surface area (Å²) in [6.45, 7) is 12.2. The SMILES string of the molecule is Cc1nn(-c2ccc(Cl)cc2Cl)c(C)c1CC(=O)N1CCN(CCN2CCCC2)CC1. The van der Waals surface area contributed by atoms with Crippen molar-refractivity contribution in [2.24, 2.45) is 0 Å². The summed E-state index contributed by atoms with van der Waals surface area (Å²) in [5, 5.41) is 5.78. The quantitative estimate of drug-likeness (QED) is 0.656. The second-order valence-electron chi connectivity index (χ2n) is 8.60. The lowest BCUT2D eigenvalue weighted by Gasteiger charge is -2.35. The van der Waals surface area contributed by atoms with Crippen LogP contribution in [0.2, 0.25) is 10.0 Å². The molecule has 0 unspecified atom stereocenters. The fourth-order valence-corrected chi connectivity index (χ4v) is 5.08. The maximum atomic E-state index is 13.0. The number of hydrogen-bond donors (Lipinski definition) is 0. The van der Waals surface area contributed by atoms with Crippen LogP contribution in [0.4, 0.5) is 0 Å². The zero-order chi connectivity index (χ0) is 22.0. The molecule has 2 fully saturated rings. The Bertz CT molecular complexity index is 930. The Balaban J connectivity index is 1.35. The van der Waals surface area contributed by atoms with E-state index in [4.69, 9.17) is 23.2 Å². The number of amides is 1. The molecular weight excluding hydrogens is 433 g/mol. The van der Waals surface area contributed by atoms with Gasteiger partial charge in [0.05, 0.1) is 22.8 Å². The minimum Gasteiger partial charge on any atom is -0.340 e. The van der Waals surface area contributed by atoms with E-state index in [-0.39, 0.29) is 5.91 Å². The molecule has 0 spiro atoms. The van der Waals surface area contributed by atoms with Crippen molar-refractivity contribution in [1.82, 2.24) is 24.5 Å². The molecule has 0 N–H and O–H groups in total. The fraction of sp³-hybridized carbons (Fsp3) is 0.565. The second-order valence-corrected chi connectivity index (χ2v) is 9.45. The molecule has 0 atom stereocenters. The molecule has 6 nitrogen and oxygen atoms in total. The summed E-state index contributed by atoms with van der Waals surface area (Å²) in [5.74, 6) is 0.173. The van der Waals surface area contributed by atoms with Crippen molar-refractivity contribution in [2.45, 2.75) is 33.1 Å². The summed E-state index contributed by atoms with van der Waals surface area (Å²) in [5.41, 5.74) is 3.56. The van der Waals surface area contributed by atoms with E-state index in [9.17, 15) is 4.79 Å². The van der Waals surface area contributed by atoms with Crippen molar-refractivity contribution in [3.8, 4) is 5.69 Å². The van der Waals surface area contributed by atoms with Gasteiger partial charge in [0.2, 0.25) is 5.91 Å². The van der Waals surface area contributed by atoms with Crippen LogP contribution in [0.15, 0.2) is 18.2 Å². The number of aryl methyl sites for hydroxylation is 1. The number of benzene rings is 1. The number of likely N-dealkylation sites (tertiary alicyclic amines) is 1. The van der Waals surface area contributed by atoms with Gasteiger partial charge >= 0.3 is 0 Å². The highest BCUT2D eigenvalue weighted by atomic mass is 35.5. The van der Waals surface area contributed by atoms with E-state index in [2.05, 4.69) is 14.9 Å². The summed E-state index contributed by atoms with van der Waals surface area (Å²) in [6.07, 6.45) is 3.04. The van der Waals surface area contributed by atoms with Gasteiger partial charge in [-0.25, -0.2) is 4.68 Å². The van der Waals surface area contributed by atoms with Gasteiger partial charge in [-0.2, -0.15) is 5.10 Å². The Kier molecular flexibility index (Phi) is 7.22. The summed E-state index contributed by atoms with van der Waals surface area (Å²) >= 11 is 12.4. The van der Waals surface area contributed by atoms with E-state index in [1.54, 1.807) is 12.1 Å². The van der Waals surface area contributed by atoms with E-state index < -0.39 is 0 Å². The molecule has 3 heterocycles. The lowest BCUT2D eigenvalue weighted by molar-refractivity contribution is -0.132. The third kappa shape index (κ3) is 5.25. The largest absolute Gasteiger partial charge is 0.340 e. The smallest absolute Gasteiger partial charge is 0.227 e. The van der Waals surface area contributed by atoms with Crippen LogP contribution in [0, 0.1) is 13.8 Å². The Morgan fingerprint density at radius 2 is 1.61 bits per heavy atom. The molecule has 2 aliphatic heterocycles. The molecule has 2 aromatic rings. The zero-order valence-electron chi connectivity index (χ0n) is 18.4. The monoisotopic (exact) mass is 463 g/mol. The van der Waals surface area contributed by atoms with Crippen molar-refractivity contribution >= 4 is 29.1 Å². The average molecular weight is 464 g/mol. The zero-order valence-corrected chi connectivity index (χ0v) is 19.9. The lowest BCUT2D eigenvalue weighted by Crippen LogP contribution is -2.50. The van der Waals surface area contributed by atoms with Gasteiger partial charge in [0.25, 0.3) is 0 Å². The van der Waals surface area contributed by atoms with Crippen LogP contribution >= 0.6 is 23.2 Å². The normalized spacial score (nSPS) is 18.1. The molecule has 0 saturated carbocycles. The van der Waals surface area contributed by atoms with Crippen LogP contribution in [-0.4, -0.2) is 82.7 Å². The van der Waals surface area contributed by atoms with Crippen LogP contribution in [-0.2, 0) is 11.2 Å². The van der Waals surface area contributed by atoms with Gasteiger partial charge in [-0.1, -0.05) is 23.2 Å². The number of carbonyl (C=O) groups excluding carboxylic acids is 1. The van der Waals surface area contributed by atoms with Crippen molar-refractivity contribution in [3.05, 3.63) is 45.2 Å². The molecule has 1 aromatic carbocycles. The number of piperazine rings is 1. The maximum Gasteiger partial charge on any atom is 0.227 e. The number of halogens is 2. The molecule has 4 rings (SSSR count). The van der Waals surface area contributed by atoms with E-state index >= 15 is 0 Å². The van der Waals surface area contributed by atoms with Crippen LogP contribution in [0.25, 0.3) is 5.69 Å². The van der Waals surface area contributed by atoms with E-state index in [1.165, 1.54) is 25.9 Å². The number of carbonyl (C=O) groups is 1. The molecule has 0 radical (unpaired) electrons. The highest BCUT2D eigenvalue weighted by Gasteiger charge is 2.24. The van der Waals surface area contributed by atoms with Crippen LogP contribution in [0.5, 0.6) is 0 Å². The molecule has 0 bridgehead atoms. The lowest BCUT2D eigenvalue weighted by atomic mass is 10.1. The number of nitrogens with zero attached hydrogens (tertiary/aromatic N) is 5. The molecule has 8 heteroatoms. The minimum absolute atomic E-state index is 0.173. The molecule has 1 amide bonds. The molecular formula is C23H31Cl2N5O. The van der Waals surface area contributed by atoms with Gasteiger partial charge in [0.15, 0.2) is 0 Å². The van der Waals surface area contributed by atoms with E-state index in [1.807, 2.05) is 29.5 Å².